The third-order valence-corrected chi connectivity index (χ3v) is 3.36. The standard InChI is InChI=1S/C15H10ClF2NO/c16-9-4-5-12-8(6-9)7-13(20-12)15(19)10-2-1-3-11(17)14(10)18/h1-7,15H,19H2. The zero-order valence-corrected chi connectivity index (χ0v) is 11.0. The van der Waals surface area contributed by atoms with E-state index in [9.17, 15) is 8.78 Å². The van der Waals surface area contributed by atoms with E-state index in [1.807, 2.05) is 0 Å². The van der Waals surface area contributed by atoms with E-state index in [4.69, 9.17) is 21.8 Å². The molecule has 3 aromatic rings. The third kappa shape index (κ3) is 2.17. The molecule has 0 aliphatic rings. The monoisotopic (exact) mass is 293 g/mol. The van der Waals surface area contributed by atoms with Gasteiger partial charge in [-0.1, -0.05) is 23.7 Å². The summed E-state index contributed by atoms with van der Waals surface area (Å²) < 4.78 is 32.5. The van der Waals surface area contributed by atoms with Gasteiger partial charge in [-0.25, -0.2) is 8.78 Å². The van der Waals surface area contributed by atoms with Crippen LogP contribution in [0.1, 0.15) is 17.4 Å². The highest BCUT2D eigenvalue weighted by Crippen LogP contribution is 2.29. The van der Waals surface area contributed by atoms with E-state index in [0.29, 0.717) is 16.4 Å². The van der Waals surface area contributed by atoms with Gasteiger partial charge < -0.3 is 10.2 Å². The van der Waals surface area contributed by atoms with Crippen LogP contribution in [0.2, 0.25) is 5.02 Å². The molecule has 0 radical (unpaired) electrons. The average molecular weight is 294 g/mol. The first-order valence-electron chi connectivity index (χ1n) is 5.95. The molecule has 0 saturated heterocycles. The topological polar surface area (TPSA) is 39.2 Å². The molecule has 20 heavy (non-hydrogen) atoms. The van der Waals surface area contributed by atoms with Gasteiger partial charge >= 0.3 is 0 Å². The molecular weight excluding hydrogens is 284 g/mol. The summed E-state index contributed by atoms with van der Waals surface area (Å²) in [5, 5.41) is 1.33. The molecule has 2 nitrogen and oxygen atoms in total. The van der Waals surface area contributed by atoms with Crippen LogP contribution in [0.25, 0.3) is 11.0 Å². The summed E-state index contributed by atoms with van der Waals surface area (Å²) in [7, 11) is 0. The van der Waals surface area contributed by atoms with Gasteiger partial charge in [-0.2, -0.15) is 0 Å². The van der Waals surface area contributed by atoms with Crippen molar-refractivity contribution in [3.63, 3.8) is 0 Å². The second-order valence-corrected chi connectivity index (χ2v) is 4.89. The van der Waals surface area contributed by atoms with Crippen LogP contribution in [-0.2, 0) is 0 Å². The Morgan fingerprint density at radius 1 is 1.10 bits per heavy atom. The Morgan fingerprint density at radius 2 is 1.90 bits per heavy atom. The van der Waals surface area contributed by atoms with Crippen molar-refractivity contribution in [2.24, 2.45) is 5.73 Å². The summed E-state index contributed by atoms with van der Waals surface area (Å²) in [6.45, 7) is 0. The molecule has 102 valence electrons. The van der Waals surface area contributed by atoms with Crippen LogP contribution in [0.4, 0.5) is 8.78 Å². The van der Waals surface area contributed by atoms with Crippen LogP contribution >= 0.6 is 11.6 Å². The Labute approximate surface area is 118 Å². The Morgan fingerprint density at radius 3 is 2.70 bits per heavy atom. The fourth-order valence-corrected chi connectivity index (χ4v) is 2.28. The van der Waals surface area contributed by atoms with E-state index in [1.54, 1.807) is 24.3 Å². The third-order valence-electron chi connectivity index (χ3n) is 3.12. The van der Waals surface area contributed by atoms with Gasteiger partial charge in [0.15, 0.2) is 11.6 Å². The molecule has 0 saturated carbocycles. The quantitative estimate of drug-likeness (QED) is 0.760. The van der Waals surface area contributed by atoms with E-state index in [0.717, 1.165) is 11.5 Å². The summed E-state index contributed by atoms with van der Waals surface area (Å²) >= 11 is 5.89. The molecule has 2 aromatic carbocycles. The molecule has 0 aliphatic heterocycles. The van der Waals surface area contributed by atoms with Gasteiger partial charge in [0.05, 0.1) is 6.04 Å². The fraction of sp³-hybridized carbons (Fsp3) is 0.0667. The lowest BCUT2D eigenvalue weighted by molar-refractivity contribution is 0.475. The number of fused-ring (bicyclic) bond motifs is 1. The maximum atomic E-state index is 13.7. The molecule has 1 aromatic heterocycles. The largest absolute Gasteiger partial charge is 0.459 e. The van der Waals surface area contributed by atoms with E-state index >= 15 is 0 Å². The minimum absolute atomic E-state index is 0.0511. The van der Waals surface area contributed by atoms with Crippen molar-refractivity contribution in [1.29, 1.82) is 0 Å². The lowest BCUT2D eigenvalue weighted by Crippen LogP contribution is -2.13. The zero-order valence-electron chi connectivity index (χ0n) is 10.2. The van der Waals surface area contributed by atoms with E-state index < -0.39 is 17.7 Å². The van der Waals surface area contributed by atoms with Crippen molar-refractivity contribution in [2.45, 2.75) is 6.04 Å². The number of halogens is 3. The molecule has 0 fully saturated rings. The van der Waals surface area contributed by atoms with Gasteiger partial charge in [-0.05, 0) is 30.3 Å². The van der Waals surface area contributed by atoms with Crippen LogP contribution in [0.3, 0.4) is 0 Å². The van der Waals surface area contributed by atoms with Crippen molar-refractivity contribution in [2.75, 3.05) is 0 Å². The maximum Gasteiger partial charge on any atom is 0.164 e. The molecule has 5 heteroatoms. The van der Waals surface area contributed by atoms with Gasteiger partial charge in [0.25, 0.3) is 0 Å². The second-order valence-electron chi connectivity index (χ2n) is 4.45. The van der Waals surface area contributed by atoms with Gasteiger partial charge in [0, 0.05) is 16.0 Å². The normalized spacial score (nSPS) is 12.8. The van der Waals surface area contributed by atoms with Gasteiger partial charge in [0.2, 0.25) is 0 Å². The van der Waals surface area contributed by atoms with E-state index in [-0.39, 0.29) is 5.56 Å². The highest BCUT2D eigenvalue weighted by molar-refractivity contribution is 6.31. The number of rotatable bonds is 2. The smallest absolute Gasteiger partial charge is 0.164 e. The summed E-state index contributed by atoms with van der Waals surface area (Å²) in [5.74, 6) is -1.54. The van der Waals surface area contributed by atoms with Crippen molar-refractivity contribution in [1.82, 2.24) is 0 Å². The first-order valence-corrected chi connectivity index (χ1v) is 6.32. The first kappa shape index (κ1) is 13.1. The molecule has 3 rings (SSSR count). The molecule has 0 amide bonds. The number of benzene rings is 2. The van der Waals surface area contributed by atoms with Crippen LogP contribution in [-0.4, -0.2) is 0 Å². The Bertz CT molecular complexity index is 785. The lowest BCUT2D eigenvalue weighted by Gasteiger charge is -2.10. The zero-order chi connectivity index (χ0) is 14.3. The van der Waals surface area contributed by atoms with Crippen molar-refractivity contribution in [3.8, 4) is 0 Å². The van der Waals surface area contributed by atoms with Crippen LogP contribution in [0, 0.1) is 11.6 Å². The summed E-state index contributed by atoms with van der Waals surface area (Å²) in [6.07, 6.45) is 0. The Kier molecular flexibility index (Phi) is 3.20. The lowest BCUT2D eigenvalue weighted by atomic mass is 10.0. The van der Waals surface area contributed by atoms with Crippen molar-refractivity contribution in [3.05, 3.63) is 70.4 Å². The van der Waals surface area contributed by atoms with Crippen LogP contribution in [0.15, 0.2) is 46.9 Å². The molecule has 1 heterocycles. The summed E-state index contributed by atoms with van der Waals surface area (Å²) in [6, 6.07) is 9.80. The van der Waals surface area contributed by atoms with Crippen LogP contribution < -0.4 is 5.73 Å². The van der Waals surface area contributed by atoms with E-state index in [1.165, 1.54) is 12.1 Å². The molecule has 0 aliphatic carbocycles. The predicted octanol–water partition coefficient (Wildman–Crippen LogP) is 4.41. The Balaban J connectivity index is 2.08. The van der Waals surface area contributed by atoms with Crippen LogP contribution in [0.5, 0.6) is 0 Å². The van der Waals surface area contributed by atoms with Gasteiger partial charge in [0.1, 0.15) is 11.3 Å². The number of furan rings is 1. The minimum Gasteiger partial charge on any atom is -0.459 e. The highest BCUT2D eigenvalue weighted by Gasteiger charge is 2.19. The number of hydrogen-bond acceptors (Lipinski definition) is 2. The molecule has 2 N–H and O–H groups in total. The average Bonchev–Trinajstić information content (AvgIpc) is 2.84. The molecule has 1 atom stereocenters. The maximum absolute atomic E-state index is 13.7. The molecule has 0 bridgehead atoms. The summed E-state index contributed by atoms with van der Waals surface area (Å²) in [5.41, 5.74) is 6.60. The summed E-state index contributed by atoms with van der Waals surface area (Å²) in [4.78, 5) is 0. The van der Waals surface area contributed by atoms with Crippen molar-refractivity contribution >= 4 is 22.6 Å². The predicted molar refractivity (Wildman–Crippen MR) is 73.6 cm³/mol. The fourth-order valence-electron chi connectivity index (χ4n) is 2.10. The number of nitrogens with two attached hydrogens (primary N) is 1. The first-order chi connectivity index (χ1) is 9.56. The molecule has 1 unspecified atom stereocenters. The SMILES string of the molecule is NC(c1cc2cc(Cl)ccc2o1)c1cccc(F)c1F. The second kappa shape index (κ2) is 4.89. The molecule has 0 spiro atoms. The van der Waals surface area contributed by atoms with Gasteiger partial charge in [-0.3, -0.25) is 0 Å². The van der Waals surface area contributed by atoms with E-state index in [2.05, 4.69) is 0 Å². The van der Waals surface area contributed by atoms with Gasteiger partial charge in [-0.15, -0.1) is 0 Å². The van der Waals surface area contributed by atoms with Crippen molar-refractivity contribution < 1.29 is 13.2 Å². The molecular formula is C15H10ClF2NO. The highest BCUT2D eigenvalue weighted by atomic mass is 35.5. The minimum atomic E-state index is -0.960. The Hall–Kier alpha value is -1.91. The number of hydrogen-bond donors (Lipinski definition) is 1.